The average Bonchev–Trinajstić information content (AvgIpc) is 1.85. The normalized spacial score (nSPS) is 11.5. The molecule has 0 spiro atoms. The third-order valence-electron chi connectivity index (χ3n) is 1.04. The Morgan fingerprint density at radius 1 is 1.09 bits per heavy atom. The van der Waals surface area contributed by atoms with Gasteiger partial charge in [-0.2, -0.15) is 0 Å². The summed E-state index contributed by atoms with van der Waals surface area (Å²) in [6, 6.07) is 5.15. The second-order valence-corrected chi connectivity index (χ2v) is 9.70. The van der Waals surface area contributed by atoms with E-state index < -0.39 is 17.6 Å². The van der Waals surface area contributed by atoms with Gasteiger partial charge in [0.25, 0.3) is 0 Å². The van der Waals surface area contributed by atoms with E-state index in [1.54, 1.807) is 18.2 Å². The van der Waals surface area contributed by atoms with Crippen LogP contribution in [0.5, 0.6) is 0 Å². The predicted octanol–water partition coefficient (Wildman–Crippen LogP) is 4.98. The standard InChI is InChI=1S/C6H3Cl4I/c7-4-1-2-6(11(9)10)5(8)3-4/h1-3H. The zero-order chi connectivity index (χ0) is 8.43. The number of hydrogen-bond acceptors (Lipinski definition) is 0. The molecule has 5 heteroatoms. The van der Waals surface area contributed by atoms with Crippen LogP contribution in [0.3, 0.4) is 0 Å². The summed E-state index contributed by atoms with van der Waals surface area (Å²) in [6.45, 7) is 0. The van der Waals surface area contributed by atoms with Crippen molar-refractivity contribution in [3.05, 3.63) is 31.8 Å². The zero-order valence-electron chi connectivity index (χ0n) is 5.12. The number of halogens is 5. The first-order valence-electron chi connectivity index (χ1n) is 2.59. The summed E-state index contributed by atoms with van der Waals surface area (Å²) >= 11 is 9.49. The molecule has 0 aliphatic rings. The Morgan fingerprint density at radius 3 is 2.18 bits per heavy atom. The Bertz CT molecular complexity index is 261. The van der Waals surface area contributed by atoms with Crippen LogP contribution in [0, 0.1) is 3.57 Å². The molecule has 11 heavy (non-hydrogen) atoms. The van der Waals surface area contributed by atoms with Gasteiger partial charge in [0.05, 0.1) is 0 Å². The first kappa shape index (κ1) is 10.2. The van der Waals surface area contributed by atoms with Crippen LogP contribution in [-0.2, 0) is 0 Å². The molecule has 0 N–H and O–H groups in total. The first-order valence-corrected chi connectivity index (χ1v) is 9.89. The van der Waals surface area contributed by atoms with E-state index in [0.29, 0.717) is 10.0 Å². The van der Waals surface area contributed by atoms with Crippen molar-refractivity contribution >= 4 is 58.6 Å². The second-order valence-electron chi connectivity index (χ2n) is 1.76. The van der Waals surface area contributed by atoms with Crippen molar-refractivity contribution in [3.8, 4) is 0 Å². The summed E-state index contributed by atoms with van der Waals surface area (Å²) in [4.78, 5) is 0. The van der Waals surface area contributed by atoms with Crippen LogP contribution in [0.25, 0.3) is 0 Å². The van der Waals surface area contributed by atoms with Gasteiger partial charge in [0.1, 0.15) is 0 Å². The fourth-order valence-electron chi connectivity index (χ4n) is 0.586. The van der Waals surface area contributed by atoms with Crippen LogP contribution in [0.2, 0.25) is 10.0 Å². The summed E-state index contributed by atoms with van der Waals surface area (Å²) in [7, 11) is 11.5. The van der Waals surface area contributed by atoms with Gasteiger partial charge >= 0.3 is 90.4 Å². The number of rotatable bonds is 1. The summed E-state index contributed by atoms with van der Waals surface area (Å²) in [6.07, 6.45) is 0. The maximum atomic E-state index is 5.81. The van der Waals surface area contributed by atoms with Gasteiger partial charge in [-0.1, -0.05) is 0 Å². The fourth-order valence-corrected chi connectivity index (χ4v) is 4.63. The summed E-state index contributed by atoms with van der Waals surface area (Å²) in [5, 5.41) is 1.16. The van der Waals surface area contributed by atoms with Crippen molar-refractivity contribution in [2.24, 2.45) is 0 Å². The third kappa shape index (κ3) is 2.81. The molecule has 1 aromatic carbocycles. The summed E-state index contributed by atoms with van der Waals surface area (Å²) in [5.41, 5.74) is 0. The second kappa shape index (κ2) is 4.38. The Morgan fingerprint density at radius 2 is 1.73 bits per heavy atom. The van der Waals surface area contributed by atoms with E-state index in [1.807, 2.05) is 0 Å². The summed E-state index contributed by atoms with van der Waals surface area (Å²) < 4.78 is 0.837. The molecule has 0 fully saturated rings. The molecule has 0 saturated heterocycles. The molecular weight excluding hydrogens is 341 g/mol. The molecule has 0 saturated carbocycles. The molecule has 0 aliphatic carbocycles. The van der Waals surface area contributed by atoms with Gasteiger partial charge in [-0.15, -0.1) is 0 Å². The van der Waals surface area contributed by atoms with Crippen LogP contribution in [0.15, 0.2) is 18.2 Å². The van der Waals surface area contributed by atoms with Crippen molar-refractivity contribution in [2.45, 2.75) is 0 Å². The Kier molecular flexibility index (Phi) is 4.05. The van der Waals surface area contributed by atoms with Crippen LogP contribution < -0.4 is 0 Å². The molecular formula is C6H3Cl4I. The van der Waals surface area contributed by atoms with Crippen molar-refractivity contribution < 1.29 is 0 Å². The molecule has 0 aromatic heterocycles. The molecule has 0 atom stereocenters. The maximum absolute atomic E-state index is 5.81. The monoisotopic (exact) mass is 342 g/mol. The van der Waals surface area contributed by atoms with Gasteiger partial charge < -0.3 is 0 Å². The van der Waals surface area contributed by atoms with Crippen molar-refractivity contribution in [1.29, 1.82) is 0 Å². The average molecular weight is 344 g/mol. The van der Waals surface area contributed by atoms with Crippen molar-refractivity contribution in [3.63, 3.8) is 0 Å². The Labute approximate surface area is 89.6 Å². The molecule has 0 nitrogen and oxygen atoms in total. The van der Waals surface area contributed by atoms with Gasteiger partial charge in [0, 0.05) is 0 Å². The van der Waals surface area contributed by atoms with Crippen LogP contribution in [0.1, 0.15) is 0 Å². The summed E-state index contributed by atoms with van der Waals surface area (Å²) in [5.74, 6) is 0. The molecule has 0 radical (unpaired) electrons. The van der Waals surface area contributed by atoms with E-state index in [2.05, 4.69) is 0 Å². The Balaban J connectivity index is 3.09. The fraction of sp³-hybridized carbons (Fsp3) is 0. The van der Waals surface area contributed by atoms with Crippen molar-refractivity contribution in [2.75, 3.05) is 0 Å². The van der Waals surface area contributed by atoms with Gasteiger partial charge in [-0.25, -0.2) is 0 Å². The molecule has 0 unspecified atom stereocenters. The van der Waals surface area contributed by atoms with Gasteiger partial charge in [0.2, 0.25) is 0 Å². The van der Waals surface area contributed by atoms with E-state index in [1.165, 1.54) is 0 Å². The Hall–Kier alpha value is 1.11. The van der Waals surface area contributed by atoms with E-state index in [4.69, 9.17) is 41.0 Å². The van der Waals surface area contributed by atoms with Gasteiger partial charge in [0.15, 0.2) is 0 Å². The molecule has 0 heterocycles. The van der Waals surface area contributed by atoms with Crippen molar-refractivity contribution in [1.82, 2.24) is 0 Å². The van der Waals surface area contributed by atoms with Crippen LogP contribution >= 0.6 is 58.6 Å². The van der Waals surface area contributed by atoms with Crippen LogP contribution in [0.4, 0.5) is 0 Å². The third-order valence-corrected chi connectivity index (χ3v) is 5.79. The van der Waals surface area contributed by atoms with E-state index in [-0.39, 0.29) is 0 Å². The predicted molar refractivity (Wildman–Crippen MR) is 60.9 cm³/mol. The van der Waals surface area contributed by atoms with Gasteiger partial charge in [-0.3, -0.25) is 0 Å². The molecule has 1 rings (SSSR count). The molecule has 0 bridgehead atoms. The zero-order valence-corrected chi connectivity index (χ0v) is 10.3. The minimum atomic E-state index is -1.99. The van der Waals surface area contributed by atoms with E-state index in [0.717, 1.165) is 3.57 Å². The SMILES string of the molecule is Clc1ccc(I(Cl)Cl)c(Cl)c1. The minimum absolute atomic E-state index is 0.563. The van der Waals surface area contributed by atoms with Crippen LogP contribution in [-0.4, -0.2) is 0 Å². The van der Waals surface area contributed by atoms with E-state index in [9.17, 15) is 0 Å². The van der Waals surface area contributed by atoms with Gasteiger partial charge in [-0.05, 0) is 0 Å². The quantitative estimate of drug-likeness (QED) is 0.498. The molecule has 0 amide bonds. The number of benzene rings is 1. The van der Waals surface area contributed by atoms with E-state index >= 15 is 0 Å². The number of hydrogen-bond donors (Lipinski definition) is 0. The first-order chi connectivity index (χ1) is 5.11. The molecule has 62 valence electrons. The molecule has 1 aromatic rings. The topological polar surface area (TPSA) is 0 Å². The molecule has 0 aliphatic heterocycles.